The molecule has 2 aromatic rings. The summed E-state index contributed by atoms with van der Waals surface area (Å²) >= 11 is 0. The summed E-state index contributed by atoms with van der Waals surface area (Å²) in [4.78, 5) is 12.1. The zero-order chi connectivity index (χ0) is 14.8. The summed E-state index contributed by atoms with van der Waals surface area (Å²) in [6.07, 6.45) is -0.760. The van der Waals surface area contributed by atoms with E-state index in [-0.39, 0.29) is 18.3 Å². The van der Waals surface area contributed by atoms with Gasteiger partial charge in [-0.3, -0.25) is 4.79 Å². The summed E-state index contributed by atoms with van der Waals surface area (Å²) in [6.45, 7) is 1.78. The Kier molecular flexibility index (Phi) is 3.48. The molecule has 1 aliphatic rings. The number of para-hydroxylation sites is 2. The summed E-state index contributed by atoms with van der Waals surface area (Å²) in [5, 5.41) is 2.63. The minimum atomic E-state index is -0.760. The number of aryl methyl sites for hydroxylation is 1. The molecule has 0 saturated heterocycles. The van der Waals surface area contributed by atoms with Crippen LogP contribution in [0.5, 0.6) is 11.5 Å². The first-order valence-electron chi connectivity index (χ1n) is 6.59. The van der Waals surface area contributed by atoms with Crippen molar-refractivity contribution in [2.24, 2.45) is 0 Å². The van der Waals surface area contributed by atoms with Crippen LogP contribution in [0.2, 0.25) is 0 Å². The van der Waals surface area contributed by atoms with Crippen molar-refractivity contribution >= 4 is 11.6 Å². The van der Waals surface area contributed by atoms with Gasteiger partial charge in [0, 0.05) is 5.69 Å². The van der Waals surface area contributed by atoms with Crippen molar-refractivity contribution in [2.45, 2.75) is 13.0 Å². The van der Waals surface area contributed by atoms with Crippen LogP contribution in [-0.2, 0) is 4.79 Å². The molecule has 0 unspecified atom stereocenters. The highest BCUT2D eigenvalue weighted by Gasteiger charge is 2.27. The molecule has 5 heteroatoms. The van der Waals surface area contributed by atoms with Gasteiger partial charge < -0.3 is 14.8 Å². The van der Waals surface area contributed by atoms with Crippen LogP contribution >= 0.6 is 0 Å². The molecule has 1 aliphatic heterocycles. The Hall–Kier alpha value is -2.56. The van der Waals surface area contributed by atoms with Gasteiger partial charge in [0.1, 0.15) is 12.4 Å². The van der Waals surface area contributed by atoms with Gasteiger partial charge in [-0.15, -0.1) is 0 Å². The number of ether oxygens (including phenoxy) is 2. The maximum absolute atomic E-state index is 13.5. The maximum atomic E-state index is 13.5. The van der Waals surface area contributed by atoms with Gasteiger partial charge in [-0.1, -0.05) is 18.2 Å². The first kappa shape index (κ1) is 13.4. The largest absolute Gasteiger partial charge is 0.485 e. The van der Waals surface area contributed by atoms with Gasteiger partial charge in [0.05, 0.1) is 0 Å². The number of benzene rings is 2. The summed E-state index contributed by atoms with van der Waals surface area (Å²) < 4.78 is 24.5. The SMILES string of the molecule is Cc1ccc(NC(=O)[C@@H]2COc3ccccc3O2)cc1F. The van der Waals surface area contributed by atoms with Gasteiger partial charge >= 0.3 is 0 Å². The Balaban J connectivity index is 1.70. The van der Waals surface area contributed by atoms with Crippen LogP contribution in [0.15, 0.2) is 42.5 Å². The first-order chi connectivity index (χ1) is 10.1. The number of hydrogen-bond acceptors (Lipinski definition) is 3. The van der Waals surface area contributed by atoms with Crippen molar-refractivity contribution in [1.82, 2.24) is 0 Å². The molecule has 0 bridgehead atoms. The van der Waals surface area contributed by atoms with Crippen molar-refractivity contribution in [2.75, 3.05) is 11.9 Å². The van der Waals surface area contributed by atoms with Gasteiger partial charge in [0.25, 0.3) is 5.91 Å². The van der Waals surface area contributed by atoms with E-state index in [1.807, 2.05) is 6.07 Å². The standard InChI is InChI=1S/C16H14FNO3/c1-10-6-7-11(8-12(10)17)18-16(19)15-9-20-13-4-2-3-5-14(13)21-15/h2-8,15H,9H2,1H3,(H,18,19)/t15-/m0/s1. The van der Waals surface area contributed by atoms with Crippen LogP contribution in [0.25, 0.3) is 0 Å². The van der Waals surface area contributed by atoms with E-state index in [0.29, 0.717) is 22.7 Å². The molecule has 0 spiro atoms. The van der Waals surface area contributed by atoms with E-state index in [0.717, 1.165) is 0 Å². The first-order valence-corrected chi connectivity index (χ1v) is 6.59. The molecule has 1 heterocycles. The zero-order valence-corrected chi connectivity index (χ0v) is 11.4. The maximum Gasteiger partial charge on any atom is 0.269 e. The number of rotatable bonds is 2. The van der Waals surface area contributed by atoms with Crippen LogP contribution in [0.3, 0.4) is 0 Å². The van der Waals surface area contributed by atoms with Crippen LogP contribution in [0.4, 0.5) is 10.1 Å². The number of halogens is 1. The Morgan fingerprint density at radius 1 is 1.24 bits per heavy atom. The molecule has 1 atom stereocenters. The molecule has 0 fully saturated rings. The van der Waals surface area contributed by atoms with Gasteiger partial charge in [0.15, 0.2) is 11.5 Å². The Morgan fingerprint density at radius 3 is 2.76 bits per heavy atom. The highest BCUT2D eigenvalue weighted by atomic mass is 19.1. The van der Waals surface area contributed by atoms with Gasteiger partial charge in [-0.25, -0.2) is 4.39 Å². The smallest absolute Gasteiger partial charge is 0.269 e. The molecule has 0 radical (unpaired) electrons. The Morgan fingerprint density at radius 2 is 2.00 bits per heavy atom. The lowest BCUT2D eigenvalue weighted by molar-refractivity contribution is -0.125. The van der Waals surface area contributed by atoms with Crippen molar-refractivity contribution in [3.8, 4) is 11.5 Å². The quantitative estimate of drug-likeness (QED) is 0.924. The topological polar surface area (TPSA) is 47.6 Å². The van der Waals surface area contributed by atoms with Crippen LogP contribution in [0.1, 0.15) is 5.56 Å². The Labute approximate surface area is 121 Å². The number of carbonyl (C=O) groups excluding carboxylic acids is 1. The van der Waals surface area contributed by atoms with E-state index in [4.69, 9.17) is 9.47 Å². The zero-order valence-electron chi connectivity index (χ0n) is 11.4. The number of hydrogen-bond donors (Lipinski definition) is 1. The third-order valence-corrected chi connectivity index (χ3v) is 3.24. The molecular formula is C16H14FNO3. The molecule has 0 aliphatic carbocycles. The fourth-order valence-corrected chi connectivity index (χ4v) is 2.04. The van der Waals surface area contributed by atoms with E-state index in [2.05, 4.69) is 5.32 Å². The summed E-state index contributed by atoms with van der Waals surface area (Å²) in [6, 6.07) is 11.7. The second-order valence-electron chi connectivity index (χ2n) is 4.82. The van der Waals surface area contributed by atoms with Gasteiger partial charge in [-0.05, 0) is 36.8 Å². The lowest BCUT2D eigenvalue weighted by atomic mass is 10.2. The second-order valence-corrected chi connectivity index (χ2v) is 4.82. The van der Waals surface area contributed by atoms with Crippen LogP contribution in [0, 0.1) is 12.7 Å². The number of nitrogens with one attached hydrogen (secondary N) is 1. The third kappa shape index (κ3) is 2.81. The van der Waals surface area contributed by atoms with E-state index in [1.54, 1.807) is 37.3 Å². The number of fused-ring (bicyclic) bond motifs is 1. The number of anilines is 1. The molecule has 4 nitrogen and oxygen atoms in total. The molecule has 108 valence electrons. The molecule has 3 rings (SSSR count). The van der Waals surface area contributed by atoms with E-state index < -0.39 is 6.10 Å². The predicted octanol–water partition coefficient (Wildman–Crippen LogP) is 2.91. The minimum Gasteiger partial charge on any atom is -0.485 e. The highest BCUT2D eigenvalue weighted by Crippen LogP contribution is 2.31. The fourth-order valence-electron chi connectivity index (χ4n) is 2.04. The molecule has 0 aromatic heterocycles. The summed E-state index contributed by atoms with van der Waals surface area (Å²) in [7, 11) is 0. The van der Waals surface area contributed by atoms with E-state index in [9.17, 15) is 9.18 Å². The van der Waals surface area contributed by atoms with Crippen molar-refractivity contribution in [3.63, 3.8) is 0 Å². The van der Waals surface area contributed by atoms with Crippen LogP contribution in [-0.4, -0.2) is 18.6 Å². The van der Waals surface area contributed by atoms with Crippen molar-refractivity contribution < 1.29 is 18.7 Å². The average molecular weight is 287 g/mol. The summed E-state index contributed by atoms with van der Waals surface area (Å²) in [5.74, 6) is 0.411. The molecule has 1 N–H and O–H groups in total. The second kappa shape index (κ2) is 5.44. The van der Waals surface area contributed by atoms with E-state index in [1.165, 1.54) is 6.07 Å². The van der Waals surface area contributed by atoms with Gasteiger partial charge in [-0.2, -0.15) is 0 Å². The number of carbonyl (C=O) groups is 1. The Bertz CT molecular complexity index is 687. The molecule has 0 saturated carbocycles. The molecule has 21 heavy (non-hydrogen) atoms. The van der Waals surface area contributed by atoms with E-state index >= 15 is 0 Å². The van der Waals surface area contributed by atoms with Crippen molar-refractivity contribution in [1.29, 1.82) is 0 Å². The normalized spacial score (nSPS) is 16.4. The average Bonchev–Trinajstić information content (AvgIpc) is 2.50. The third-order valence-electron chi connectivity index (χ3n) is 3.24. The minimum absolute atomic E-state index is 0.122. The summed E-state index contributed by atoms with van der Waals surface area (Å²) in [5.41, 5.74) is 0.921. The van der Waals surface area contributed by atoms with Crippen LogP contribution < -0.4 is 14.8 Å². The molecular weight excluding hydrogens is 273 g/mol. The predicted molar refractivity (Wildman–Crippen MR) is 76.1 cm³/mol. The number of amides is 1. The lowest BCUT2D eigenvalue weighted by Crippen LogP contribution is -2.40. The van der Waals surface area contributed by atoms with Gasteiger partial charge in [0.2, 0.25) is 6.10 Å². The highest BCUT2D eigenvalue weighted by molar-refractivity contribution is 5.94. The molecule has 1 amide bonds. The monoisotopic (exact) mass is 287 g/mol. The van der Waals surface area contributed by atoms with Crippen molar-refractivity contribution in [3.05, 3.63) is 53.8 Å². The molecule has 2 aromatic carbocycles. The lowest BCUT2D eigenvalue weighted by Gasteiger charge is -2.25. The fraction of sp³-hybridized carbons (Fsp3) is 0.188.